The molecule has 2 amide bonds. The first kappa shape index (κ1) is 23.0. The Bertz CT molecular complexity index is 1040. The van der Waals surface area contributed by atoms with Crippen molar-refractivity contribution in [3.05, 3.63) is 28.4 Å². The van der Waals surface area contributed by atoms with Gasteiger partial charge in [-0.2, -0.15) is 13.2 Å². The highest BCUT2D eigenvalue weighted by atomic mass is 35.5. The second kappa shape index (κ2) is 8.48. The predicted molar refractivity (Wildman–Crippen MR) is 106 cm³/mol. The van der Waals surface area contributed by atoms with E-state index in [0.717, 1.165) is 0 Å². The normalized spacial score (nSPS) is 16.1. The Labute approximate surface area is 180 Å². The fraction of sp³-hybridized carbons (Fsp3) is 0.421. The Morgan fingerprint density at radius 2 is 1.97 bits per heavy atom. The predicted octanol–water partition coefficient (Wildman–Crippen LogP) is 3.36. The molecule has 168 valence electrons. The lowest BCUT2D eigenvalue weighted by atomic mass is 9.80. The third kappa shape index (κ3) is 4.25. The molecule has 8 nitrogen and oxygen atoms in total. The van der Waals surface area contributed by atoms with Gasteiger partial charge in [0.15, 0.2) is 0 Å². The monoisotopic (exact) mass is 460 g/mol. The number of halogens is 4. The third-order valence-electron chi connectivity index (χ3n) is 5.40. The van der Waals surface area contributed by atoms with Gasteiger partial charge in [0, 0.05) is 23.1 Å². The number of hydrogen-bond donors (Lipinski definition) is 4. The zero-order valence-electron chi connectivity index (χ0n) is 16.6. The fourth-order valence-electron chi connectivity index (χ4n) is 3.56. The molecule has 1 saturated heterocycles. The molecule has 1 aromatic heterocycles. The van der Waals surface area contributed by atoms with Gasteiger partial charge in [-0.25, -0.2) is 5.48 Å². The Kier molecular flexibility index (Phi) is 6.30. The highest BCUT2D eigenvalue weighted by Crippen LogP contribution is 2.45. The summed E-state index contributed by atoms with van der Waals surface area (Å²) in [7, 11) is 1.23. The maximum absolute atomic E-state index is 14.0. The number of ether oxygens (including phenoxy) is 1. The molecule has 0 unspecified atom stereocenters. The maximum atomic E-state index is 14.0. The van der Waals surface area contributed by atoms with E-state index in [2.05, 4.69) is 15.6 Å². The van der Waals surface area contributed by atoms with Gasteiger partial charge in [-0.15, -0.1) is 0 Å². The number of piperidine rings is 1. The van der Waals surface area contributed by atoms with Gasteiger partial charge in [-0.1, -0.05) is 18.5 Å². The second-order valence-corrected chi connectivity index (χ2v) is 7.79. The molecule has 3 rings (SSSR count). The second-order valence-electron chi connectivity index (χ2n) is 7.41. The zero-order valence-corrected chi connectivity index (χ0v) is 17.4. The van der Waals surface area contributed by atoms with Crippen molar-refractivity contribution < 1.29 is 32.7 Å². The van der Waals surface area contributed by atoms with Crippen LogP contribution in [0.3, 0.4) is 0 Å². The van der Waals surface area contributed by atoms with E-state index in [4.69, 9.17) is 21.5 Å². The van der Waals surface area contributed by atoms with Crippen molar-refractivity contribution in [3.63, 3.8) is 0 Å². The highest BCUT2D eigenvalue weighted by Gasteiger charge is 2.40. The SMILES string of the molecule is COc1cc(NC(=O)C2(C)CCNCC2)c(Cl)c2c(C(F)(F)F)c(C(=O)NO)cnc12. The number of carbonyl (C=O) groups is 2. The fourth-order valence-corrected chi connectivity index (χ4v) is 3.85. The summed E-state index contributed by atoms with van der Waals surface area (Å²) in [6.07, 6.45) is -3.28. The minimum Gasteiger partial charge on any atom is -0.494 e. The van der Waals surface area contributed by atoms with Gasteiger partial charge < -0.3 is 15.4 Å². The van der Waals surface area contributed by atoms with Crippen LogP contribution in [-0.2, 0) is 11.0 Å². The van der Waals surface area contributed by atoms with Gasteiger partial charge in [0.1, 0.15) is 11.3 Å². The topological polar surface area (TPSA) is 113 Å². The lowest BCUT2D eigenvalue weighted by Gasteiger charge is -2.32. The summed E-state index contributed by atoms with van der Waals surface area (Å²) in [5, 5.41) is 13.5. The van der Waals surface area contributed by atoms with Crippen LogP contribution in [0.1, 0.15) is 35.7 Å². The Morgan fingerprint density at radius 1 is 1.32 bits per heavy atom. The van der Waals surface area contributed by atoms with Crippen molar-refractivity contribution in [1.29, 1.82) is 0 Å². The zero-order chi connectivity index (χ0) is 23.0. The van der Waals surface area contributed by atoms with Crippen molar-refractivity contribution in [1.82, 2.24) is 15.8 Å². The number of hydroxylamine groups is 1. The number of hydrogen-bond acceptors (Lipinski definition) is 6. The number of amides is 2. The molecule has 2 aromatic rings. The Morgan fingerprint density at radius 3 is 2.52 bits per heavy atom. The van der Waals surface area contributed by atoms with Gasteiger partial charge in [0.05, 0.1) is 28.9 Å². The van der Waals surface area contributed by atoms with Gasteiger partial charge in [0.25, 0.3) is 5.91 Å². The third-order valence-corrected chi connectivity index (χ3v) is 5.79. The minimum absolute atomic E-state index is 0.0772. The van der Waals surface area contributed by atoms with E-state index in [1.807, 2.05) is 0 Å². The summed E-state index contributed by atoms with van der Waals surface area (Å²) in [6.45, 7) is 3.02. The van der Waals surface area contributed by atoms with Crippen LogP contribution in [0.4, 0.5) is 18.9 Å². The lowest BCUT2D eigenvalue weighted by Crippen LogP contribution is -2.42. The summed E-state index contributed by atoms with van der Waals surface area (Å²) in [5.74, 6) is -1.89. The summed E-state index contributed by atoms with van der Waals surface area (Å²) in [6, 6.07) is 1.28. The number of nitrogens with one attached hydrogen (secondary N) is 3. The first-order valence-electron chi connectivity index (χ1n) is 9.26. The van der Waals surface area contributed by atoms with E-state index in [1.165, 1.54) is 18.7 Å². The van der Waals surface area contributed by atoms with Crippen LogP contribution in [0.15, 0.2) is 12.3 Å². The molecule has 1 aliphatic heterocycles. The van der Waals surface area contributed by atoms with Crippen molar-refractivity contribution in [2.45, 2.75) is 25.9 Å². The van der Waals surface area contributed by atoms with Crippen molar-refractivity contribution in [3.8, 4) is 5.75 Å². The molecule has 0 spiro atoms. The van der Waals surface area contributed by atoms with Gasteiger partial charge >= 0.3 is 6.18 Å². The van der Waals surface area contributed by atoms with Crippen molar-refractivity contribution in [2.75, 3.05) is 25.5 Å². The maximum Gasteiger partial charge on any atom is 0.417 e. The van der Waals surface area contributed by atoms with Crippen molar-refractivity contribution >= 4 is 40.0 Å². The van der Waals surface area contributed by atoms with Gasteiger partial charge in [-0.3, -0.25) is 19.8 Å². The van der Waals surface area contributed by atoms with E-state index < -0.39 is 44.9 Å². The smallest absolute Gasteiger partial charge is 0.417 e. The van der Waals surface area contributed by atoms with E-state index in [-0.39, 0.29) is 17.0 Å². The van der Waals surface area contributed by atoms with E-state index in [0.29, 0.717) is 32.1 Å². The summed E-state index contributed by atoms with van der Waals surface area (Å²) < 4.78 is 47.0. The van der Waals surface area contributed by atoms with Crippen LogP contribution in [0.2, 0.25) is 5.02 Å². The molecule has 1 aliphatic rings. The highest BCUT2D eigenvalue weighted by molar-refractivity contribution is 6.39. The molecule has 0 saturated carbocycles. The number of benzene rings is 1. The van der Waals surface area contributed by atoms with E-state index in [1.54, 1.807) is 6.92 Å². The molecule has 2 heterocycles. The van der Waals surface area contributed by atoms with Gasteiger partial charge in [0.2, 0.25) is 5.91 Å². The largest absolute Gasteiger partial charge is 0.494 e. The van der Waals surface area contributed by atoms with Crippen LogP contribution in [0.5, 0.6) is 5.75 Å². The van der Waals surface area contributed by atoms with Crippen LogP contribution in [0, 0.1) is 5.41 Å². The molecular weight excluding hydrogens is 441 g/mol. The van der Waals surface area contributed by atoms with Crippen LogP contribution < -0.4 is 20.9 Å². The number of alkyl halides is 3. The number of fused-ring (bicyclic) bond motifs is 1. The average Bonchev–Trinajstić information content (AvgIpc) is 2.74. The van der Waals surface area contributed by atoms with E-state index >= 15 is 0 Å². The number of methoxy groups -OCH3 is 1. The molecule has 0 radical (unpaired) electrons. The van der Waals surface area contributed by atoms with Crippen LogP contribution >= 0.6 is 11.6 Å². The first-order valence-corrected chi connectivity index (χ1v) is 9.64. The number of aromatic nitrogens is 1. The molecule has 4 N–H and O–H groups in total. The molecule has 1 fully saturated rings. The molecule has 0 aliphatic carbocycles. The molecule has 31 heavy (non-hydrogen) atoms. The number of carbonyl (C=O) groups excluding carboxylic acids is 2. The Balaban J connectivity index is 2.23. The molecule has 0 atom stereocenters. The summed E-state index contributed by atoms with van der Waals surface area (Å²) in [5.41, 5.74) is -2.26. The van der Waals surface area contributed by atoms with Crippen LogP contribution in [-0.4, -0.2) is 42.2 Å². The first-order chi connectivity index (χ1) is 14.5. The standard InChI is InChI=1S/C19H20ClF3N4O4/c1-18(3-5-24-6-4-18)17(29)26-10-7-11(31-2)15-12(14(10)20)13(19(21,22)23)9(8-25-15)16(28)27-30/h7-8,24,30H,3-6H2,1-2H3,(H,26,29)(H,27,28). The van der Waals surface area contributed by atoms with Gasteiger partial charge in [-0.05, 0) is 25.9 Å². The Hall–Kier alpha value is -2.63. The molecule has 12 heteroatoms. The number of rotatable bonds is 4. The summed E-state index contributed by atoms with van der Waals surface area (Å²) in [4.78, 5) is 28.6. The molecule has 1 aromatic carbocycles. The lowest BCUT2D eigenvalue weighted by molar-refractivity contribution is -0.136. The van der Waals surface area contributed by atoms with E-state index in [9.17, 15) is 22.8 Å². The van der Waals surface area contributed by atoms with Crippen molar-refractivity contribution in [2.24, 2.45) is 5.41 Å². The number of nitrogens with zero attached hydrogens (tertiary/aromatic N) is 1. The number of anilines is 1. The van der Waals surface area contributed by atoms with Crippen LogP contribution in [0.25, 0.3) is 10.9 Å². The summed E-state index contributed by atoms with van der Waals surface area (Å²) >= 11 is 6.31. The minimum atomic E-state index is -5.03. The molecular formula is C19H20ClF3N4O4. The quantitative estimate of drug-likeness (QED) is 0.411. The molecule has 0 bridgehead atoms. The number of pyridine rings is 1. The average molecular weight is 461 g/mol.